The van der Waals surface area contributed by atoms with Crippen molar-refractivity contribution in [2.45, 2.75) is 25.2 Å². The minimum atomic E-state index is -4.40. The summed E-state index contributed by atoms with van der Waals surface area (Å²) in [4.78, 5) is 1.12. The number of hydrogen-bond donors (Lipinski definition) is 2. The topological polar surface area (TPSA) is 32.3 Å². The van der Waals surface area contributed by atoms with Crippen LogP contribution in [0.1, 0.15) is 35.1 Å². The van der Waals surface area contributed by atoms with Gasteiger partial charge in [-0.15, -0.1) is 11.3 Å². The van der Waals surface area contributed by atoms with Gasteiger partial charge < -0.3 is 10.4 Å². The normalized spacial score (nSPS) is 14.9. The quantitative estimate of drug-likeness (QED) is 0.869. The van der Waals surface area contributed by atoms with Gasteiger partial charge in [-0.1, -0.05) is 18.2 Å². The Morgan fingerprint density at radius 1 is 1.24 bits per heavy atom. The predicted octanol–water partition coefficient (Wildman–Crippen LogP) is 4.15. The number of halogens is 3. The highest BCUT2D eigenvalue weighted by Crippen LogP contribution is 2.30. The first-order valence-corrected chi connectivity index (χ1v) is 7.38. The van der Waals surface area contributed by atoms with Crippen LogP contribution >= 0.6 is 11.3 Å². The zero-order chi connectivity index (χ0) is 15.5. The Bertz CT molecular complexity index is 569. The third-order valence-corrected chi connectivity index (χ3v) is 4.24. The molecule has 0 aliphatic carbocycles. The molecule has 0 saturated heterocycles. The smallest absolute Gasteiger partial charge is 0.387 e. The zero-order valence-electron chi connectivity index (χ0n) is 11.4. The van der Waals surface area contributed by atoms with E-state index in [-0.39, 0.29) is 18.2 Å². The fraction of sp³-hybridized carbons (Fsp3) is 0.333. The Balaban J connectivity index is 1.99. The van der Waals surface area contributed by atoms with Crippen molar-refractivity contribution < 1.29 is 18.3 Å². The van der Waals surface area contributed by atoms with Gasteiger partial charge in [-0.2, -0.15) is 13.2 Å². The first-order valence-electron chi connectivity index (χ1n) is 6.50. The van der Waals surface area contributed by atoms with E-state index in [2.05, 4.69) is 5.32 Å². The molecule has 0 aliphatic heterocycles. The third-order valence-electron chi connectivity index (χ3n) is 3.19. The van der Waals surface area contributed by atoms with Gasteiger partial charge in [-0.05, 0) is 36.1 Å². The van der Waals surface area contributed by atoms with Crippen LogP contribution in [0.3, 0.4) is 0 Å². The molecular weight excluding hydrogens is 299 g/mol. The summed E-state index contributed by atoms with van der Waals surface area (Å²) in [5.41, 5.74) is -0.485. The van der Waals surface area contributed by atoms with E-state index in [1.807, 2.05) is 24.4 Å². The van der Waals surface area contributed by atoms with Crippen LogP contribution in [-0.2, 0) is 6.18 Å². The summed E-state index contributed by atoms with van der Waals surface area (Å²) < 4.78 is 37.9. The summed E-state index contributed by atoms with van der Waals surface area (Å²) in [6.45, 7) is 2.14. The van der Waals surface area contributed by atoms with Crippen LogP contribution in [0.4, 0.5) is 13.2 Å². The molecule has 2 nitrogen and oxygen atoms in total. The Hall–Kier alpha value is -1.37. The van der Waals surface area contributed by atoms with Gasteiger partial charge in [-0.25, -0.2) is 0 Å². The van der Waals surface area contributed by atoms with Gasteiger partial charge in [0, 0.05) is 17.5 Å². The summed E-state index contributed by atoms with van der Waals surface area (Å²) >= 11 is 1.59. The molecule has 0 bridgehead atoms. The second-order valence-electron chi connectivity index (χ2n) is 4.78. The molecule has 0 amide bonds. The Labute approximate surface area is 125 Å². The van der Waals surface area contributed by atoms with E-state index >= 15 is 0 Å². The average molecular weight is 315 g/mol. The van der Waals surface area contributed by atoms with Gasteiger partial charge in [0.2, 0.25) is 0 Å². The number of aliphatic hydroxyl groups excluding tert-OH is 1. The molecule has 0 radical (unpaired) electrons. The molecule has 6 heteroatoms. The van der Waals surface area contributed by atoms with Crippen molar-refractivity contribution in [3.63, 3.8) is 0 Å². The first kappa shape index (κ1) is 16.0. The minimum absolute atomic E-state index is 0.0467. The van der Waals surface area contributed by atoms with E-state index in [9.17, 15) is 18.3 Å². The Morgan fingerprint density at radius 2 is 2.00 bits per heavy atom. The fourth-order valence-corrected chi connectivity index (χ4v) is 2.73. The number of nitrogens with one attached hydrogen (secondary N) is 1. The lowest BCUT2D eigenvalue weighted by molar-refractivity contribution is -0.137. The van der Waals surface area contributed by atoms with Crippen LogP contribution in [0.5, 0.6) is 0 Å². The van der Waals surface area contributed by atoms with Crippen LogP contribution in [0.25, 0.3) is 0 Å². The van der Waals surface area contributed by atoms with Crippen molar-refractivity contribution in [3.8, 4) is 0 Å². The number of benzene rings is 1. The van der Waals surface area contributed by atoms with Gasteiger partial charge in [0.1, 0.15) is 0 Å². The maximum absolute atomic E-state index is 12.6. The van der Waals surface area contributed by atoms with Crippen molar-refractivity contribution >= 4 is 11.3 Å². The molecule has 0 spiro atoms. The van der Waals surface area contributed by atoms with E-state index in [1.165, 1.54) is 12.1 Å². The maximum Gasteiger partial charge on any atom is 0.416 e. The molecule has 114 valence electrons. The van der Waals surface area contributed by atoms with Crippen molar-refractivity contribution in [2.75, 3.05) is 6.54 Å². The second kappa shape index (κ2) is 6.60. The van der Waals surface area contributed by atoms with Crippen LogP contribution in [0.2, 0.25) is 0 Å². The molecule has 1 aromatic carbocycles. The van der Waals surface area contributed by atoms with Crippen LogP contribution in [0, 0.1) is 0 Å². The third kappa shape index (κ3) is 4.30. The van der Waals surface area contributed by atoms with Gasteiger partial charge in [0.15, 0.2) is 0 Å². The molecule has 0 aliphatic rings. The number of hydrogen-bond acceptors (Lipinski definition) is 3. The highest BCUT2D eigenvalue weighted by molar-refractivity contribution is 7.10. The number of thiophene rings is 1. The van der Waals surface area contributed by atoms with Crippen LogP contribution in [-0.4, -0.2) is 11.7 Å². The van der Waals surface area contributed by atoms with E-state index in [0.29, 0.717) is 0 Å². The molecule has 1 heterocycles. The summed E-state index contributed by atoms with van der Waals surface area (Å²) in [7, 11) is 0. The van der Waals surface area contributed by atoms with Crippen molar-refractivity contribution in [2.24, 2.45) is 0 Å². The molecule has 1 aromatic heterocycles. The van der Waals surface area contributed by atoms with Crippen LogP contribution in [0.15, 0.2) is 41.8 Å². The highest BCUT2D eigenvalue weighted by atomic mass is 32.1. The molecule has 2 rings (SSSR count). The number of aliphatic hydroxyl groups is 1. The lowest BCUT2D eigenvalue weighted by Gasteiger charge is -2.17. The molecule has 0 fully saturated rings. The van der Waals surface area contributed by atoms with E-state index < -0.39 is 17.8 Å². The monoisotopic (exact) mass is 315 g/mol. The standard InChI is InChI=1S/C15H16F3NOS/c1-10(14-6-3-7-21-14)19-9-13(20)11-4-2-5-12(8-11)15(16,17)18/h2-8,10,13,19-20H,9H2,1H3. The maximum atomic E-state index is 12.6. The van der Waals surface area contributed by atoms with Crippen LogP contribution < -0.4 is 5.32 Å². The SMILES string of the molecule is CC(NCC(O)c1cccc(C(F)(F)F)c1)c1cccs1. The zero-order valence-corrected chi connectivity index (χ0v) is 12.2. The average Bonchev–Trinajstić information content (AvgIpc) is 2.98. The largest absolute Gasteiger partial charge is 0.416 e. The number of alkyl halides is 3. The van der Waals surface area contributed by atoms with E-state index in [0.717, 1.165) is 17.0 Å². The molecule has 21 heavy (non-hydrogen) atoms. The summed E-state index contributed by atoms with van der Waals surface area (Å²) in [5.74, 6) is 0. The Kier molecular flexibility index (Phi) is 5.03. The molecule has 2 unspecified atom stereocenters. The van der Waals surface area contributed by atoms with Crippen molar-refractivity contribution in [1.82, 2.24) is 5.32 Å². The first-order chi connectivity index (χ1) is 9.88. The summed E-state index contributed by atoms with van der Waals surface area (Å²) in [6, 6.07) is 8.74. The molecular formula is C15H16F3NOS. The van der Waals surface area contributed by atoms with E-state index in [1.54, 1.807) is 11.3 Å². The summed E-state index contributed by atoms with van der Waals surface area (Å²) in [5, 5.41) is 15.1. The van der Waals surface area contributed by atoms with Gasteiger partial charge in [0.05, 0.1) is 11.7 Å². The molecule has 2 atom stereocenters. The van der Waals surface area contributed by atoms with Gasteiger partial charge in [-0.3, -0.25) is 0 Å². The Morgan fingerprint density at radius 3 is 2.62 bits per heavy atom. The molecule has 0 saturated carbocycles. The second-order valence-corrected chi connectivity index (χ2v) is 5.76. The fourth-order valence-electron chi connectivity index (χ4n) is 1.97. The van der Waals surface area contributed by atoms with Crippen molar-refractivity contribution in [1.29, 1.82) is 0 Å². The minimum Gasteiger partial charge on any atom is -0.387 e. The molecule has 2 aromatic rings. The highest BCUT2D eigenvalue weighted by Gasteiger charge is 2.30. The summed E-state index contributed by atoms with van der Waals surface area (Å²) in [6.07, 6.45) is -5.37. The lowest BCUT2D eigenvalue weighted by atomic mass is 10.1. The molecule has 2 N–H and O–H groups in total. The van der Waals surface area contributed by atoms with E-state index in [4.69, 9.17) is 0 Å². The predicted molar refractivity (Wildman–Crippen MR) is 77.1 cm³/mol. The lowest BCUT2D eigenvalue weighted by Crippen LogP contribution is -2.24. The number of rotatable bonds is 5. The van der Waals surface area contributed by atoms with Gasteiger partial charge >= 0.3 is 6.18 Å². The van der Waals surface area contributed by atoms with Gasteiger partial charge in [0.25, 0.3) is 0 Å². The van der Waals surface area contributed by atoms with Crippen molar-refractivity contribution in [3.05, 3.63) is 57.8 Å².